The summed E-state index contributed by atoms with van der Waals surface area (Å²) in [6.45, 7) is 3.08. The SMILES string of the molecule is O=C(C1CCOC1)N1CCCn2c(nc(Cn3cncn3)cc2=O)C1. The van der Waals surface area contributed by atoms with E-state index < -0.39 is 0 Å². The fourth-order valence-corrected chi connectivity index (χ4v) is 3.37. The fraction of sp³-hybridized carbons (Fsp3) is 0.562. The van der Waals surface area contributed by atoms with E-state index in [0.29, 0.717) is 50.9 Å². The first-order valence-electron chi connectivity index (χ1n) is 8.49. The number of amides is 1. The van der Waals surface area contributed by atoms with Crippen molar-refractivity contribution in [2.24, 2.45) is 5.92 Å². The fourth-order valence-electron chi connectivity index (χ4n) is 3.37. The molecule has 1 saturated heterocycles. The second-order valence-electron chi connectivity index (χ2n) is 6.42. The molecule has 0 radical (unpaired) electrons. The molecular weight excluding hydrogens is 324 g/mol. The molecule has 25 heavy (non-hydrogen) atoms. The second kappa shape index (κ2) is 6.75. The van der Waals surface area contributed by atoms with Gasteiger partial charge in [-0.25, -0.2) is 14.6 Å². The molecule has 2 aliphatic heterocycles. The Balaban J connectivity index is 1.59. The van der Waals surface area contributed by atoms with Crippen molar-refractivity contribution in [1.82, 2.24) is 29.2 Å². The molecule has 2 aromatic rings. The second-order valence-corrected chi connectivity index (χ2v) is 6.42. The molecule has 9 heteroatoms. The third kappa shape index (κ3) is 3.32. The van der Waals surface area contributed by atoms with Gasteiger partial charge in [0.15, 0.2) is 0 Å². The molecule has 0 spiro atoms. The zero-order valence-electron chi connectivity index (χ0n) is 13.9. The minimum atomic E-state index is -0.0846. The van der Waals surface area contributed by atoms with E-state index in [2.05, 4.69) is 15.1 Å². The van der Waals surface area contributed by atoms with Crippen molar-refractivity contribution in [2.45, 2.75) is 32.5 Å². The molecule has 1 atom stereocenters. The summed E-state index contributed by atoms with van der Waals surface area (Å²) in [6, 6.07) is 1.54. The normalized spacial score (nSPS) is 20.3. The lowest BCUT2D eigenvalue weighted by molar-refractivity contribution is -0.136. The van der Waals surface area contributed by atoms with Gasteiger partial charge in [-0.3, -0.25) is 14.2 Å². The van der Waals surface area contributed by atoms with Crippen LogP contribution >= 0.6 is 0 Å². The van der Waals surface area contributed by atoms with Crippen LogP contribution < -0.4 is 5.56 Å². The topological polar surface area (TPSA) is 95.1 Å². The van der Waals surface area contributed by atoms with Gasteiger partial charge in [-0.1, -0.05) is 0 Å². The highest BCUT2D eigenvalue weighted by molar-refractivity contribution is 5.79. The Morgan fingerprint density at radius 2 is 2.28 bits per heavy atom. The molecule has 132 valence electrons. The van der Waals surface area contributed by atoms with E-state index in [-0.39, 0.29) is 17.4 Å². The van der Waals surface area contributed by atoms with Gasteiger partial charge in [-0.2, -0.15) is 5.10 Å². The lowest BCUT2D eigenvalue weighted by atomic mass is 10.1. The first-order chi connectivity index (χ1) is 12.2. The summed E-state index contributed by atoms with van der Waals surface area (Å²) in [5.74, 6) is 0.658. The molecule has 4 rings (SSSR count). The summed E-state index contributed by atoms with van der Waals surface area (Å²) in [5.41, 5.74) is 0.541. The van der Waals surface area contributed by atoms with E-state index in [1.165, 1.54) is 12.4 Å². The highest BCUT2D eigenvalue weighted by Crippen LogP contribution is 2.19. The van der Waals surface area contributed by atoms with Gasteiger partial charge in [0.05, 0.1) is 31.3 Å². The number of aromatic nitrogens is 5. The first kappa shape index (κ1) is 15.9. The van der Waals surface area contributed by atoms with Crippen LogP contribution in [0.3, 0.4) is 0 Å². The molecule has 0 bridgehead atoms. The molecule has 0 aromatic carbocycles. The molecule has 2 aliphatic rings. The molecule has 0 saturated carbocycles. The lowest BCUT2D eigenvalue weighted by Gasteiger charge is -2.23. The first-order valence-corrected chi connectivity index (χ1v) is 8.49. The van der Waals surface area contributed by atoms with E-state index in [1.807, 2.05) is 4.90 Å². The van der Waals surface area contributed by atoms with Crippen LogP contribution in [0.4, 0.5) is 0 Å². The Labute approximate surface area is 144 Å². The van der Waals surface area contributed by atoms with Crippen molar-refractivity contribution in [2.75, 3.05) is 19.8 Å². The molecule has 9 nitrogen and oxygen atoms in total. The van der Waals surface area contributed by atoms with Gasteiger partial charge in [-0.05, 0) is 12.8 Å². The van der Waals surface area contributed by atoms with Crippen LogP contribution in [0.15, 0.2) is 23.5 Å². The van der Waals surface area contributed by atoms with Gasteiger partial charge in [0.25, 0.3) is 5.56 Å². The van der Waals surface area contributed by atoms with Gasteiger partial charge in [0.2, 0.25) is 5.91 Å². The van der Waals surface area contributed by atoms with Crippen LogP contribution in [0.2, 0.25) is 0 Å². The standard InChI is InChI=1S/C16H20N6O3/c23-15-6-13(7-21-11-17-10-18-21)19-14-8-20(3-1-4-22(14)15)16(24)12-2-5-25-9-12/h6,10-12H,1-5,7-9H2. The molecule has 2 aromatic heterocycles. The molecule has 0 aliphatic carbocycles. The minimum absolute atomic E-state index is 0.0726. The van der Waals surface area contributed by atoms with E-state index in [9.17, 15) is 9.59 Å². The van der Waals surface area contributed by atoms with Gasteiger partial charge in [-0.15, -0.1) is 0 Å². The number of nitrogens with zero attached hydrogens (tertiary/aromatic N) is 6. The highest BCUT2D eigenvalue weighted by Gasteiger charge is 2.30. The summed E-state index contributed by atoms with van der Waals surface area (Å²) < 4.78 is 8.62. The van der Waals surface area contributed by atoms with E-state index in [0.717, 1.165) is 12.8 Å². The maximum Gasteiger partial charge on any atom is 0.253 e. The van der Waals surface area contributed by atoms with Gasteiger partial charge >= 0.3 is 0 Å². The lowest BCUT2D eigenvalue weighted by Crippen LogP contribution is -2.37. The predicted octanol–water partition coefficient (Wildman–Crippen LogP) is -0.348. The van der Waals surface area contributed by atoms with Crippen molar-refractivity contribution in [3.63, 3.8) is 0 Å². The van der Waals surface area contributed by atoms with Gasteiger partial charge in [0, 0.05) is 25.8 Å². The number of hydrogen-bond donors (Lipinski definition) is 0. The van der Waals surface area contributed by atoms with Crippen LogP contribution in [0.1, 0.15) is 24.4 Å². The van der Waals surface area contributed by atoms with Crippen LogP contribution in [-0.2, 0) is 29.2 Å². The van der Waals surface area contributed by atoms with Crippen molar-refractivity contribution < 1.29 is 9.53 Å². The monoisotopic (exact) mass is 344 g/mol. The summed E-state index contributed by atoms with van der Waals surface area (Å²) in [6.07, 6.45) is 4.54. The molecule has 4 heterocycles. The van der Waals surface area contributed by atoms with E-state index in [4.69, 9.17) is 4.74 Å². The predicted molar refractivity (Wildman–Crippen MR) is 86.6 cm³/mol. The van der Waals surface area contributed by atoms with Crippen molar-refractivity contribution in [1.29, 1.82) is 0 Å². The van der Waals surface area contributed by atoms with Crippen LogP contribution in [0.25, 0.3) is 0 Å². The maximum atomic E-state index is 12.7. The van der Waals surface area contributed by atoms with Crippen LogP contribution in [-0.4, -0.2) is 54.9 Å². The third-order valence-electron chi connectivity index (χ3n) is 4.66. The van der Waals surface area contributed by atoms with Gasteiger partial charge < -0.3 is 9.64 Å². The zero-order chi connectivity index (χ0) is 17.2. The Hall–Kier alpha value is -2.55. The molecule has 0 N–H and O–H groups in total. The largest absolute Gasteiger partial charge is 0.381 e. The zero-order valence-corrected chi connectivity index (χ0v) is 13.9. The minimum Gasteiger partial charge on any atom is -0.381 e. The summed E-state index contributed by atoms with van der Waals surface area (Å²) in [5, 5.41) is 4.05. The highest BCUT2D eigenvalue weighted by atomic mass is 16.5. The summed E-state index contributed by atoms with van der Waals surface area (Å²) >= 11 is 0. The van der Waals surface area contributed by atoms with Crippen molar-refractivity contribution in [3.05, 3.63) is 40.6 Å². The van der Waals surface area contributed by atoms with Crippen molar-refractivity contribution >= 4 is 5.91 Å². The maximum absolute atomic E-state index is 12.7. The number of ether oxygens (including phenoxy) is 1. The van der Waals surface area contributed by atoms with Crippen LogP contribution in [0.5, 0.6) is 0 Å². The smallest absolute Gasteiger partial charge is 0.253 e. The summed E-state index contributed by atoms with van der Waals surface area (Å²) in [7, 11) is 0. The number of rotatable bonds is 3. The van der Waals surface area contributed by atoms with Gasteiger partial charge in [0.1, 0.15) is 18.5 Å². The molecular formula is C16H20N6O3. The average molecular weight is 344 g/mol. The average Bonchev–Trinajstić information content (AvgIpc) is 3.25. The molecule has 1 amide bonds. The Bertz CT molecular complexity index is 810. The van der Waals surface area contributed by atoms with E-state index >= 15 is 0 Å². The number of fused-ring (bicyclic) bond motifs is 1. The Kier molecular flexibility index (Phi) is 4.31. The molecule has 1 fully saturated rings. The molecule has 1 unspecified atom stereocenters. The van der Waals surface area contributed by atoms with E-state index in [1.54, 1.807) is 15.6 Å². The Morgan fingerprint density at radius 1 is 1.36 bits per heavy atom. The van der Waals surface area contributed by atoms with Crippen molar-refractivity contribution in [3.8, 4) is 0 Å². The number of carbonyl (C=O) groups is 1. The third-order valence-corrected chi connectivity index (χ3v) is 4.66. The quantitative estimate of drug-likeness (QED) is 0.755. The Morgan fingerprint density at radius 3 is 3.04 bits per heavy atom. The number of carbonyl (C=O) groups excluding carboxylic acids is 1. The summed E-state index contributed by atoms with van der Waals surface area (Å²) in [4.78, 5) is 35.5. The van der Waals surface area contributed by atoms with Crippen LogP contribution in [0, 0.1) is 5.92 Å². The number of hydrogen-bond acceptors (Lipinski definition) is 6.